The first-order valence-corrected chi connectivity index (χ1v) is 9.29. The number of rotatable bonds is 4. The number of nitrogens with zero attached hydrogens (tertiary/aromatic N) is 5. The second-order valence-corrected chi connectivity index (χ2v) is 6.87. The number of aromatic hydroxyl groups is 1. The smallest absolute Gasteiger partial charge is 0.233 e. The molecular formula is C21H20N6O. The highest BCUT2D eigenvalue weighted by atomic mass is 16.3. The van der Waals surface area contributed by atoms with Crippen molar-refractivity contribution in [2.45, 2.75) is 19.0 Å². The number of para-hydroxylation sites is 1. The van der Waals surface area contributed by atoms with Gasteiger partial charge in [0.25, 0.3) is 0 Å². The van der Waals surface area contributed by atoms with Crippen LogP contribution in [0, 0.1) is 0 Å². The Kier molecular flexibility index (Phi) is 4.14. The van der Waals surface area contributed by atoms with E-state index in [0.29, 0.717) is 18.2 Å². The molecule has 2 N–H and O–H groups in total. The molecule has 5 rings (SSSR count). The van der Waals surface area contributed by atoms with E-state index in [1.54, 1.807) is 24.8 Å². The standard InChI is InChI=1S/C21H20N6O/c28-18-7-2-1-5-15(18)13-26-12-8-16-19(25-14-24-16)20(26)17-6-3-11-27(17)21-22-9-4-10-23-21/h1-7,9-11,14,20,28H,8,12-13H2,(H,24,25)/t20-/m1/s1. The maximum absolute atomic E-state index is 10.3. The number of phenolic OH excluding ortho intramolecular Hbond substituents is 1. The van der Waals surface area contributed by atoms with E-state index in [9.17, 15) is 5.11 Å². The molecule has 0 fully saturated rings. The minimum Gasteiger partial charge on any atom is -0.508 e. The molecule has 0 radical (unpaired) electrons. The first-order chi connectivity index (χ1) is 13.8. The molecule has 7 nitrogen and oxygen atoms in total. The highest BCUT2D eigenvalue weighted by molar-refractivity contribution is 5.36. The summed E-state index contributed by atoms with van der Waals surface area (Å²) >= 11 is 0. The summed E-state index contributed by atoms with van der Waals surface area (Å²) < 4.78 is 2.01. The second-order valence-electron chi connectivity index (χ2n) is 6.87. The largest absolute Gasteiger partial charge is 0.508 e. The topological polar surface area (TPSA) is 82.9 Å². The van der Waals surface area contributed by atoms with Crippen molar-refractivity contribution >= 4 is 0 Å². The molecule has 1 aliphatic heterocycles. The van der Waals surface area contributed by atoms with Crippen LogP contribution < -0.4 is 0 Å². The Hall–Kier alpha value is -3.45. The summed E-state index contributed by atoms with van der Waals surface area (Å²) in [6.07, 6.45) is 8.11. The van der Waals surface area contributed by atoms with E-state index in [0.717, 1.165) is 35.6 Å². The van der Waals surface area contributed by atoms with Gasteiger partial charge in [-0.3, -0.25) is 9.47 Å². The number of H-pyrrole nitrogens is 1. The fraction of sp³-hybridized carbons (Fsp3) is 0.190. The quantitative estimate of drug-likeness (QED) is 0.576. The number of imidazole rings is 1. The van der Waals surface area contributed by atoms with Crippen LogP contribution >= 0.6 is 0 Å². The Morgan fingerprint density at radius 1 is 1.04 bits per heavy atom. The Morgan fingerprint density at radius 3 is 2.75 bits per heavy atom. The van der Waals surface area contributed by atoms with Gasteiger partial charge in [0.15, 0.2) is 0 Å². The molecule has 0 bridgehead atoms. The monoisotopic (exact) mass is 372 g/mol. The van der Waals surface area contributed by atoms with E-state index in [-0.39, 0.29) is 6.04 Å². The van der Waals surface area contributed by atoms with Gasteiger partial charge in [-0.1, -0.05) is 18.2 Å². The summed E-state index contributed by atoms with van der Waals surface area (Å²) in [6, 6.07) is 13.3. The van der Waals surface area contributed by atoms with Gasteiger partial charge >= 0.3 is 0 Å². The molecule has 3 aromatic heterocycles. The fourth-order valence-electron chi connectivity index (χ4n) is 3.90. The number of aromatic amines is 1. The molecule has 0 saturated carbocycles. The Labute approximate surface area is 162 Å². The summed E-state index contributed by atoms with van der Waals surface area (Å²) in [6.45, 7) is 1.49. The number of phenols is 1. The molecule has 4 aromatic rings. The lowest BCUT2D eigenvalue weighted by Crippen LogP contribution is -2.36. The average molecular weight is 372 g/mol. The molecule has 0 saturated heterocycles. The third kappa shape index (κ3) is 2.86. The van der Waals surface area contributed by atoms with Crippen molar-refractivity contribution < 1.29 is 5.11 Å². The Balaban J connectivity index is 1.59. The van der Waals surface area contributed by atoms with Gasteiger partial charge in [0.05, 0.1) is 18.1 Å². The van der Waals surface area contributed by atoms with Crippen LogP contribution in [-0.2, 0) is 13.0 Å². The van der Waals surface area contributed by atoms with Crippen molar-refractivity contribution in [2.24, 2.45) is 0 Å². The number of hydrogen-bond acceptors (Lipinski definition) is 5. The van der Waals surface area contributed by atoms with E-state index in [1.807, 2.05) is 41.1 Å². The first kappa shape index (κ1) is 16.7. The number of nitrogens with one attached hydrogen (secondary N) is 1. The molecule has 1 aliphatic rings. The van der Waals surface area contributed by atoms with Crippen molar-refractivity contribution in [2.75, 3.05) is 6.54 Å². The first-order valence-electron chi connectivity index (χ1n) is 9.29. The molecule has 28 heavy (non-hydrogen) atoms. The highest BCUT2D eigenvalue weighted by Gasteiger charge is 2.33. The van der Waals surface area contributed by atoms with E-state index in [4.69, 9.17) is 0 Å². The number of aromatic nitrogens is 5. The van der Waals surface area contributed by atoms with Crippen molar-refractivity contribution in [1.29, 1.82) is 0 Å². The third-order valence-corrected chi connectivity index (χ3v) is 5.22. The molecule has 0 amide bonds. The van der Waals surface area contributed by atoms with Crippen LogP contribution in [0.5, 0.6) is 5.75 Å². The van der Waals surface area contributed by atoms with Gasteiger partial charge in [0, 0.05) is 55.1 Å². The van der Waals surface area contributed by atoms with Gasteiger partial charge in [-0.05, 0) is 24.3 Å². The van der Waals surface area contributed by atoms with Gasteiger partial charge in [0.1, 0.15) is 5.75 Å². The molecular weight excluding hydrogens is 352 g/mol. The zero-order valence-electron chi connectivity index (χ0n) is 15.2. The minimum atomic E-state index is -0.0617. The van der Waals surface area contributed by atoms with Crippen LogP contribution in [0.3, 0.4) is 0 Å². The maximum Gasteiger partial charge on any atom is 0.233 e. The molecule has 1 aromatic carbocycles. The normalized spacial score (nSPS) is 16.8. The van der Waals surface area contributed by atoms with Crippen LogP contribution in [0.1, 0.15) is 28.7 Å². The minimum absolute atomic E-state index is 0.0617. The van der Waals surface area contributed by atoms with Crippen LogP contribution in [0.15, 0.2) is 67.4 Å². The summed E-state index contributed by atoms with van der Waals surface area (Å²) in [7, 11) is 0. The lowest BCUT2D eigenvalue weighted by molar-refractivity contribution is 0.193. The summed E-state index contributed by atoms with van der Waals surface area (Å²) in [4.78, 5) is 19.1. The maximum atomic E-state index is 10.3. The highest BCUT2D eigenvalue weighted by Crippen LogP contribution is 2.36. The Morgan fingerprint density at radius 2 is 1.89 bits per heavy atom. The zero-order valence-corrected chi connectivity index (χ0v) is 15.2. The van der Waals surface area contributed by atoms with Crippen LogP contribution in [0.2, 0.25) is 0 Å². The summed E-state index contributed by atoms with van der Waals surface area (Å²) in [5.74, 6) is 0.948. The Bertz CT molecular complexity index is 1090. The SMILES string of the molecule is Oc1ccccc1CN1CCc2[nH]cnc2[C@H]1c1cccn1-c1ncccn1. The molecule has 0 unspecified atom stereocenters. The number of hydrogen-bond donors (Lipinski definition) is 2. The van der Waals surface area contributed by atoms with Crippen LogP contribution in [-0.4, -0.2) is 41.1 Å². The van der Waals surface area contributed by atoms with Gasteiger partial charge in [-0.2, -0.15) is 0 Å². The van der Waals surface area contributed by atoms with E-state index in [1.165, 1.54) is 0 Å². The van der Waals surface area contributed by atoms with Gasteiger partial charge in [-0.25, -0.2) is 15.0 Å². The predicted octanol–water partition coefficient (Wildman–Crippen LogP) is 2.84. The molecule has 0 aliphatic carbocycles. The van der Waals surface area contributed by atoms with Crippen LogP contribution in [0.25, 0.3) is 5.95 Å². The van der Waals surface area contributed by atoms with E-state index in [2.05, 4.69) is 30.9 Å². The zero-order chi connectivity index (χ0) is 18.9. The second kappa shape index (κ2) is 6.94. The van der Waals surface area contributed by atoms with Gasteiger partial charge in [0.2, 0.25) is 5.95 Å². The molecule has 7 heteroatoms. The lowest BCUT2D eigenvalue weighted by Gasteiger charge is -2.35. The lowest BCUT2D eigenvalue weighted by atomic mass is 9.98. The molecule has 140 valence electrons. The average Bonchev–Trinajstić information content (AvgIpc) is 3.40. The third-order valence-electron chi connectivity index (χ3n) is 5.22. The number of benzene rings is 1. The number of fused-ring (bicyclic) bond motifs is 1. The molecule has 0 spiro atoms. The molecule has 1 atom stereocenters. The summed E-state index contributed by atoms with van der Waals surface area (Å²) in [5.41, 5.74) is 4.12. The van der Waals surface area contributed by atoms with Gasteiger partial charge < -0.3 is 10.1 Å². The van der Waals surface area contributed by atoms with Crippen LogP contribution in [0.4, 0.5) is 0 Å². The van der Waals surface area contributed by atoms with Gasteiger partial charge in [-0.15, -0.1) is 0 Å². The fourth-order valence-corrected chi connectivity index (χ4v) is 3.90. The summed E-state index contributed by atoms with van der Waals surface area (Å²) in [5, 5.41) is 10.3. The van der Waals surface area contributed by atoms with E-state index < -0.39 is 0 Å². The van der Waals surface area contributed by atoms with Crippen molar-refractivity contribution in [3.05, 3.63) is 90.0 Å². The van der Waals surface area contributed by atoms with Crippen molar-refractivity contribution in [3.63, 3.8) is 0 Å². The van der Waals surface area contributed by atoms with E-state index >= 15 is 0 Å². The predicted molar refractivity (Wildman–Crippen MR) is 104 cm³/mol. The molecule has 4 heterocycles. The van der Waals surface area contributed by atoms with Crippen molar-refractivity contribution in [1.82, 2.24) is 29.4 Å². The van der Waals surface area contributed by atoms with Crippen molar-refractivity contribution in [3.8, 4) is 11.7 Å².